The minimum absolute atomic E-state index is 0.0881. The first-order chi connectivity index (χ1) is 11.7. The normalized spacial score (nSPS) is 14.6. The highest BCUT2D eigenvalue weighted by Crippen LogP contribution is 2.22. The van der Waals surface area contributed by atoms with Gasteiger partial charge in [-0.25, -0.2) is 8.42 Å². The van der Waals surface area contributed by atoms with E-state index in [9.17, 15) is 13.7 Å². The molecule has 0 bridgehead atoms. The molecule has 25 heavy (non-hydrogen) atoms. The molecule has 0 radical (unpaired) electrons. The molecule has 0 aliphatic carbocycles. The molecule has 0 aliphatic heterocycles. The highest BCUT2D eigenvalue weighted by Gasteiger charge is 2.37. The van der Waals surface area contributed by atoms with Crippen molar-refractivity contribution in [3.63, 3.8) is 0 Å². The lowest BCUT2D eigenvalue weighted by Crippen LogP contribution is -2.48. The molecule has 0 spiro atoms. The number of aromatic nitrogens is 2. The van der Waals surface area contributed by atoms with Gasteiger partial charge in [0.2, 0.25) is 10.0 Å². The molecule has 0 amide bonds. The molecule has 0 saturated carbocycles. The molecule has 1 atom stereocenters. The van der Waals surface area contributed by atoms with E-state index in [2.05, 4.69) is 27.1 Å². The molecular weight excluding hydrogens is 428 g/mol. The summed E-state index contributed by atoms with van der Waals surface area (Å²) >= 11 is 9.31. The fourth-order valence-corrected chi connectivity index (χ4v) is 3.78. The molecular formula is C16H16BrClN4O2S. The molecule has 1 unspecified atom stereocenters. The molecule has 6 nitrogen and oxygen atoms in total. The number of hydrogen-bond acceptors (Lipinski definition) is 4. The van der Waals surface area contributed by atoms with Gasteiger partial charge >= 0.3 is 0 Å². The summed E-state index contributed by atoms with van der Waals surface area (Å²) in [7, 11) is -2.47. The van der Waals surface area contributed by atoms with E-state index in [0.717, 1.165) is 14.2 Å². The van der Waals surface area contributed by atoms with Crippen LogP contribution in [-0.2, 0) is 16.6 Å². The summed E-state index contributed by atoms with van der Waals surface area (Å²) in [5, 5.41) is 15.1. The van der Waals surface area contributed by atoms with Gasteiger partial charge in [-0.3, -0.25) is 4.68 Å². The average molecular weight is 444 g/mol. The summed E-state index contributed by atoms with van der Waals surface area (Å²) < 4.78 is 28.5. The number of likely N-dealkylation sites (N-methyl/N-ethyl adjacent to an activating group) is 1. The predicted molar refractivity (Wildman–Crippen MR) is 101 cm³/mol. The third-order valence-corrected chi connectivity index (χ3v) is 6.11. The number of sulfonamides is 1. The maximum Gasteiger partial charge on any atom is 0.237 e. The summed E-state index contributed by atoms with van der Waals surface area (Å²) in [5.74, 6) is 0. The van der Waals surface area contributed by atoms with Gasteiger partial charge in [0.05, 0.1) is 23.3 Å². The molecule has 2 aromatic rings. The number of rotatable bonds is 6. The van der Waals surface area contributed by atoms with Crippen LogP contribution in [-0.4, -0.2) is 35.1 Å². The van der Waals surface area contributed by atoms with Crippen molar-refractivity contribution in [3.8, 4) is 6.07 Å². The Bertz CT molecular complexity index is 936. The zero-order valence-corrected chi connectivity index (χ0v) is 16.8. The topological polar surface area (TPSA) is 79.0 Å². The van der Waals surface area contributed by atoms with E-state index in [1.165, 1.54) is 17.8 Å². The highest BCUT2D eigenvalue weighted by atomic mass is 79.9. The lowest BCUT2D eigenvalue weighted by Gasteiger charge is -2.30. The van der Waals surface area contributed by atoms with Crippen LogP contribution in [0.1, 0.15) is 12.5 Å². The van der Waals surface area contributed by atoms with E-state index in [-0.39, 0.29) is 6.54 Å². The molecule has 9 heteroatoms. The van der Waals surface area contributed by atoms with Crippen molar-refractivity contribution in [2.45, 2.75) is 19.0 Å². The molecule has 1 heterocycles. The quantitative estimate of drug-likeness (QED) is 0.684. The number of nitriles is 1. The Kier molecular flexibility index (Phi) is 6.06. The Morgan fingerprint density at radius 2 is 2.16 bits per heavy atom. The van der Waals surface area contributed by atoms with Gasteiger partial charge in [0.1, 0.15) is 5.54 Å². The van der Waals surface area contributed by atoms with Gasteiger partial charge in [0, 0.05) is 23.7 Å². The number of halogens is 2. The third kappa shape index (κ3) is 4.70. The van der Waals surface area contributed by atoms with Crippen molar-refractivity contribution >= 4 is 43.6 Å². The molecule has 132 valence electrons. The number of hydrogen-bond donors (Lipinski definition) is 0. The fraction of sp³-hybridized carbons (Fsp3) is 0.250. The third-order valence-electron chi connectivity index (χ3n) is 3.71. The molecule has 1 aromatic heterocycles. The summed E-state index contributed by atoms with van der Waals surface area (Å²) in [6, 6.07) is 8.96. The second kappa shape index (κ2) is 7.70. The van der Waals surface area contributed by atoms with Crippen LogP contribution in [0.4, 0.5) is 0 Å². The summed E-state index contributed by atoms with van der Waals surface area (Å²) in [6.07, 6.45) is 4.66. The van der Waals surface area contributed by atoms with Crippen LogP contribution in [0, 0.1) is 11.3 Å². The Morgan fingerprint density at radius 1 is 1.48 bits per heavy atom. The maximum atomic E-state index is 12.6. The van der Waals surface area contributed by atoms with Crippen LogP contribution in [0.3, 0.4) is 0 Å². The van der Waals surface area contributed by atoms with Crippen molar-refractivity contribution < 1.29 is 8.42 Å². The van der Waals surface area contributed by atoms with E-state index in [1.54, 1.807) is 43.6 Å². The Labute approximate surface area is 160 Å². The van der Waals surface area contributed by atoms with Crippen LogP contribution >= 0.6 is 27.5 Å². The fourth-order valence-electron chi connectivity index (χ4n) is 2.09. The standard InChI is InChI=1S/C16H16BrClN4O2S/c1-16(11-19,12-22-10-14(17)9-20-22)21(2)25(23,24)8-7-13-5-3-4-6-15(13)18/h3-10H,12H2,1-2H3/b8-7+. The Balaban J connectivity index is 2.27. The lowest BCUT2D eigenvalue weighted by atomic mass is 10.1. The monoisotopic (exact) mass is 442 g/mol. The van der Waals surface area contributed by atoms with Crippen LogP contribution < -0.4 is 0 Å². The van der Waals surface area contributed by atoms with Crippen molar-refractivity contribution in [2.24, 2.45) is 0 Å². The highest BCUT2D eigenvalue weighted by molar-refractivity contribution is 9.10. The van der Waals surface area contributed by atoms with Crippen molar-refractivity contribution in [1.82, 2.24) is 14.1 Å². The van der Waals surface area contributed by atoms with E-state index in [1.807, 2.05) is 0 Å². The first-order valence-corrected chi connectivity index (χ1v) is 9.86. The van der Waals surface area contributed by atoms with Gasteiger partial charge in [0.25, 0.3) is 0 Å². The van der Waals surface area contributed by atoms with Gasteiger partial charge in [-0.05, 0) is 40.6 Å². The minimum Gasteiger partial charge on any atom is -0.269 e. The van der Waals surface area contributed by atoms with Gasteiger partial charge < -0.3 is 0 Å². The van der Waals surface area contributed by atoms with Crippen LogP contribution in [0.2, 0.25) is 5.02 Å². The lowest BCUT2D eigenvalue weighted by molar-refractivity contribution is 0.269. The smallest absolute Gasteiger partial charge is 0.237 e. The van der Waals surface area contributed by atoms with E-state index in [4.69, 9.17) is 11.6 Å². The van der Waals surface area contributed by atoms with Gasteiger partial charge in [-0.15, -0.1) is 0 Å². The second-order valence-corrected chi connectivity index (χ2v) is 8.75. The largest absolute Gasteiger partial charge is 0.269 e. The summed E-state index contributed by atoms with van der Waals surface area (Å²) in [5.41, 5.74) is -0.731. The molecule has 2 rings (SSSR count). The molecule has 0 fully saturated rings. The van der Waals surface area contributed by atoms with Crippen molar-refractivity contribution in [1.29, 1.82) is 5.26 Å². The van der Waals surface area contributed by atoms with E-state index < -0.39 is 15.6 Å². The average Bonchev–Trinajstić information content (AvgIpc) is 2.98. The SMILES string of the molecule is CN(C(C)(C#N)Cn1cc(Br)cn1)S(=O)(=O)/C=C/c1ccccc1Cl. The van der Waals surface area contributed by atoms with Gasteiger partial charge in [-0.1, -0.05) is 29.8 Å². The van der Waals surface area contributed by atoms with Crippen LogP contribution in [0.5, 0.6) is 0 Å². The van der Waals surface area contributed by atoms with Crippen LogP contribution in [0.25, 0.3) is 6.08 Å². The second-order valence-electron chi connectivity index (χ2n) is 5.58. The number of nitrogens with zero attached hydrogens (tertiary/aromatic N) is 4. The van der Waals surface area contributed by atoms with E-state index in [0.29, 0.717) is 10.6 Å². The summed E-state index contributed by atoms with van der Waals surface area (Å²) in [6.45, 7) is 1.63. The molecule has 0 saturated heterocycles. The zero-order chi connectivity index (χ0) is 18.7. The first kappa shape index (κ1) is 19.7. The molecule has 0 N–H and O–H groups in total. The van der Waals surface area contributed by atoms with Gasteiger partial charge in [0.15, 0.2) is 0 Å². The Morgan fingerprint density at radius 3 is 2.72 bits per heavy atom. The van der Waals surface area contributed by atoms with Crippen molar-refractivity contribution in [2.75, 3.05) is 7.05 Å². The number of benzene rings is 1. The minimum atomic E-state index is -3.84. The van der Waals surface area contributed by atoms with E-state index >= 15 is 0 Å². The van der Waals surface area contributed by atoms with Crippen LogP contribution in [0.15, 0.2) is 46.5 Å². The van der Waals surface area contributed by atoms with Gasteiger partial charge in [-0.2, -0.15) is 14.7 Å². The summed E-state index contributed by atoms with van der Waals surface area (Å²) in [4.78, 5) is 0. The maximum absolute atomic E-state index is 12.6. The van der Waals surface area contributed by atoms with Crippen molar-refractivity contribution in [3.05, 3.63) is 57.1 Å². The Hall–Kier alpha value is -1.66. The predicted octanol–water partition coefficient (Wildman–Crippen LogP) is 3.51. The zero-order valence-electron chi connectivity index (χ0n) is 13.6. The molecule has 0 aliphatic rings. The molecule has 1 aromatic carbocycles. The first-order valence-electron chi connectivity index (χ1n) is 7.19.